The molecule has 0 aliphatic rings. The Kier molecular flexibility index (Phi) is 5.58. The third-order valence-corrected chi connectivity index (χ3v) is 3.32. The minimum atomic E-state index is -0.766. The molecule has 10 heteroatoms. The normalized spacial score (nSPS) is 10.0. The summed E-state index contributed by atoms with van der Waals surface area (Å²) in [6.45, 7) is 1.37. The van der Waals surface area contributed by atoms with Gasteiger partial charge in [0.2, 0.25) is 11.8 Å². The number of amides is 2. The van der Waals surface area contributed by atoms with Crippen LogP contribution in [0.4, 0.5) is 22.7 Å². The van der Waals surface area contributed by atoms with E-state index >= 15 is 0 Å². The van der Waals surface area contributed by atoms with E-state index < -0.39 is 27.1 Å². The van der Waals surface area contributed by atoms with Crippen LogP contribution >= 0.6 is 0 Å². The minimum Gasteiger partial charge on any atom is -0.326 e. The fourth-order valence-corrected chi connectivity index (χ4v) is 2.20. The standard InChI is InChI=1S/C16H14N4O6/c1-10(21)17-12-3-5-13(6-4-12)18-16(22)8-11-2-7-14(19(23)24)9-15(11)20(25)26/h2-7,9H,8H2,1H3,(H,17,21)(H,18,22). The van der Waals surface area contributed by atoms with Gasteiger partial charge in [0.05, 0.1) is 22.3 Å². The minimum absolute atomic E-state index is 0.0629. The molecule has 2 N–H and O–H groups in total. The molecule has 0 fully saturated rings. The third kappa shape index (κ3) is 4.84. The molecule has 0 spiro atoms. The molecule has 0 aliphatic heterocycles. The number of anilines is 2. The molecule has 2 aromatic rings. The molecule has 0 atom stereocenters. The monoisotopic (exact) mass is 358 g/mol. The summed E-state index contributed by atoms with van der Waals surface area (Å²) in [5, 5.41) is 26.9. The first kappa shape index (κ1) is 18.5. The van der Waals surface area contributed by atoms with Crippen LogP contribution in [0, 0.1) is 20.2 Å². The zero-order chi connectivity index (χ0) is 19.3. The number of non-ortho nitro benzene ring substituents is 1. The molecule has 0 unspecified atom stereocenters. The zero-order valence-electron chi connectivity index (χ0n) is 13.6. The van der Waals surface area contributed by atoms with Gasteiger partial charge < -0.3 is 10.6 Å². The van der Waals surface area contributed by atoms with E-state index in [1.54, 1.807) is 24.3 Å². The third-order valence-electron chi connectivity index (χ3n) is 3.32. The van der Waals surface area contributed by atoms with E-state index in [2.05, 4.69) is 10.6 Å². The van der Waals surface area contributed by atoms with Crippen LogP contribution in [0.15, 0.2) is 42.5 Å². The second kappa shape index (κ2) is 7.83. The maximum Gasteiger partial charge on any atom is 0.279 e. The molecule has 26 heavy (non-hydrogen) atoms. The quantitative estimate of drug-likeness (QED) is 0.600. The predicted molar refractivity (Wildman–Crippen MR) is 92.8 cm³/mol. The number of rotatable bonds is 6. The van der Waals surface area contributed by atoms with Gasteiger partial charge in [-0.1, -0.05) is 0 Å². The number of carbonyl (C=O) groups is 2. The maximum absolute atomic E-state index is 12.1. The first-order chi connectivity index (χ1) is 12.3. The molecule has 0 saturated carbocycles. The molecule has 2 rings (SSSR count). The van der Waals surface area contributed by atoms with Crippen LogP contribution in [-0.4, -0.2) is 21.7 Å². The van der Waals surface area contributed by atoms with Crippen molar-refractivity contribution >= 4 is 34.6 Å². The molecule has 134 valence electrons. The van der Waals surface area contributed by atoms with Gasteiger partial charge >= 0.3 is 0 Å². The Morgan fingerprint density at radius 1 is 0.923 bits per heavy atom. The summed E-state index contributed by atoms with van der Waals surface area (Å²) in [6, 6.07) is 9.43. The summed E-state index contributed by atoms with van der Waals surface area (Å²) in [5.41, 5.74) is 0.146. The Morgan fingerprint density at radius 3 is 2.00 bits per heavy atom. The van der Waals surface area contributed by atoms with E-state index in [0.29, 0.717) is 11.4 Å². The van der Waals surface area contributed by atoms with E-state index in [0.717, 1.165) is 12.1 Å². The van der Waals surface area contributed by atoms with Crippen molar-refractivity contribution < 1.29 is 19.4 Å². The van der Waals surface area contributed by atoms with Gasteiger partial charge in [0.15, 0.2) is 0 Å². The molecule has 0 bridgehead atoms. The highest BCUT2D eigenvalue weighted by Gasteiger charge is 2.21. The first-order valence-electron chi connectivity index (χ1n) is 7.35. The highest BCUT2D eigenvalue weighted by Crippen LogP contribution is 2.25. The highest BCUT2D eigenvalue weighted by atomic mass is 16.6. The number of hydrogen-bond donors (Lipinski definition) is 2. The summed E-state index contributed by atoms with van der Waals surface area (Å²) < 4.78 is 0. The fourth-order valence-electron chi connectivity index (χ4n) is 2.20. The van der Waals surface area contributed by atoms with E-state index in [-0.39, 0.29) is 17.9 Å². The number of hydrogen-bond acceptors (Lipinski definition) is 6. The first-order valence-corrected chi connectivity index (χ1v) is 7.35. The van der Waals surface area contributed by atoms with Gasteiger partial charge in [-0.05, 0) is 30.3 Å². The Labute approximate surface area is 147 Å². The average Bonchev–Trinajstić information content (AvgIpc) is 2.56. The number of nitro benzene ring substituents is 2. The number of benzene rings is 2. The molecule has 0 aliphatic carbocycles. The lowest BCUT2D eigenvalue weighted by Crippen LogP contribution is -2.15. The van der Waals surface area contributed by atoms with Gasteiger partial charge in [-0.2, -0.15) is 0 Å². The highest BCUT2D eigenvalue weighted by molar-refractivity contribution is 5.93. The van der Waals surface area contributed by atoms with Crippen LogP contribution < -0.4 is 10.6 Å². The summed E-state index contributed by atoms with van der Waals surface area (Å²) in [6.07, 6.45) is -0.318. The van der Waals surface area contributed by atoms with E-state index in [1.807, 2.05) is 0 Å². The van der Waals surface area contributed by atoms with Crippen molar-refractivity contribution in [3.05, 3.63) is 68.3 Å². The number of nitrogens with zero attached hydrogens (tertiary/aromatic N) is 2. The second-order valence-electron chi connectivity index (χ2n) is 5.31. The van der Waals surface area contributed by atoms with Crippen LogP contribution in [0.3, 0.4) is 0 Å². The largest absolute Gasteiger partial charge is 0.326 e. The molecule has 2 amide bonds. The number of nitrogens with one attached hydrogen (secondary N) is 2. The van der Waals surface area contributed by atoms with Gasteiger partial charge in [0, 0.05) is 29.9 Å². The van der Waals surface area contributed by atoms with Gasteiger partial charge in [0.25, 0.3) is 11.4 Å². The maximum atomic E-state index is 12.1. The molecule has 10 nitrogen and oxygen atoms in total. The van der Waals surface area contributed by atoms with Crippen molar-refractivity contribution in [3.8, 4) is 0 Å². The van der Waals surface area contributed by atoms with Crippen molar-refractivity contribution in [3.63, 3.8) is 0 Å². The van der Waals surface area contributed by atoms with Crippen LogP contribution in [0.5, 0.6) is 0 Å². The van der Waals surface area contributed by atoms with Gasteiger partial charge in [-0.15, -0.1) is 0 Å². The van der Waals surface area contributed by atoms with Gasteiger partial charge in [-0.25, -0.2) is 0 Å². The summed E-state index contributed by atoms with van der Waals surface area (Å²) >= 11 is 0. The Morgan fingerprint density at radius 2 is 1.50 bits per heavy atom. The van der Waals surface area contributed by atoms with Crippen molar-refractivity contribution in [1.82, 2.24) is 0 Å². The molecule has 0 saturated heterocycles. The lowest BCUT2D eigenvalue weighted by molar-refractivity contribution is -0.394. The van der Waals surface area contributed by atoms with Gasteiger partial charge in [0.1, 0.15) is 0 Å². The molecule has 2 aromatic carbocycles. The van der Waals surface area contributed by atoms with E-state index in [4.69, 9.17) is 0 Å². The SMILES string of the molecule is CC(=O)Nc1ccc(NC(=O)Cc2ccc([N+](=O)[O-])cc2[N+](=O)[O-])cc1. The van der Waals surface area contributed by atoms with Crippen LogP contribution in [-0.2, 0) is 16.0 Å². The summed E-state index contributed by atoms with van der Waals surface area (Å²) in [4.78, 5) is 43.3. The van der Waals surface area contributed by atoms with Crippen molar-refractivity contribution in [2.24, 2.45) is 0 Å². The average molecular weight is 358 g/mol. The Hall–Kier alpha value is -3.82. The molecule has 0 aromatic heterocycles. The van der Waals surface area contributed by atoms with Crippen molar-refractivity contribution in [1.29, 1.82) is 0 Å². The van der Waals surface area contributed by atoms with Crippen molar-refractivity contribution in [2.45, 2.75) is 13.3 Å². The molecular formula is C16H14N4O6. The second-order valence-corrected chi connectivity index (χ2v) is 5.31. The number of carbonyl (C=O) groups excluding carboxylic acids is 2. The lowest BCUT2D eigenvalue weighted by Gasteiger charge is -2.07. The fraction of sp³-hybridized carbons (Fsp3) is 0.125. The molecular weight excluding hydrogens is 344 g/mol. The Balaban J connectivity index is 2.11. The van der Waals surface area contributed by atoms with Crippen LogP contribution in [0.2, 0.25) is 0 Å². The van der Waals surface area contributed by atoms with Crippen LogP contribution in [0.25, 0.3) is 0 Å². The summed E-state index contributed by atoms with van der Waals surface area (Å²) in [7, 11) is 0. The van der Waals surface area contributed by atoms with E-state index in [1.165, 1.54) is 13.0 Å². The van der Waals surface area contributed by atoms with E-state index in [9.17, 15) is 29.8 Å². The van der Waals surface area contributed by atoms with Crippen molar-refractivity contribution in [2.75, 3.05) is 10.6 Å². The topological polar surface area (TPSA) is 144 Å². The van der Waals surface area contributed by atoms with Crippen LogP contribution in [0.1, 0.15) is 12.5 Å². The predicted octanol–water partition coefficient (Wildman–Crippen LogP) is 2.64. The lowest BCUT2D eigenvalue weighted by atomic mass is 10.1. The smallest absolute Gasteiger partial charge is 0.279 e. The molecule has 0 heterocycles. The number of nitro groups is 2. The Bertz CT molecular complexity index is 879. The molecule has 0 radical (unpaired) electrons. The van der Waals surface area contributed by atoms with Gasteiger partial charge in [-0.3, -0.25) is 29.8 Å². The summed E-state index contributed by atoms with van der Waals surface area (Å²) in [5.74, 6) is -0.749. The zero-order valence-corrected chi connectivity index (χ0v) is 13.6.